The molecular formula is C12H14N4O2. The van der Waals surface area contributed by atoms with Crippen LogP contribution in [0.15, 0.2) is 30.6 Å². The molecular weight excluding hydrogens is 232 g/mol. The van der Waals surface area contributed by atoms with Gasteiger partial charge in [-0.15, -0.1) is 0 Å². The summed E-state index contributed by atoms with van der Waals surface area (Å²) < 4.78 is 1.71. The Balaban J connectivity index is 2.10. The van der Waals surface area contributed by atoms with Gasteiger partial charge in [-0.3, -0.25) is 4.68 Å². The van der Waals surface area contributed by atoms with Crippen LogP contribution in [0.5, 0.6) is 0 Å². The van der Waals surface area contributed by atoms with E-state index in [1.54, 1.807) is 23.0 Å². The van der Waals surface area contributed by atoms with Gasteiger partial charge in [-0.1, -0.05) is 0 Å². The van der Waals surface area contributed by atoms with Gasteiger partial charge in [0.1, 0.15) is 0 Å². The Hall–Kier alpha value is -2.50. The number of aromatic carboxylic acids is 1. The summed E-state index contributed by atoms with van der Waals surface area (Å²) in [5.74, 6) is -1.03. The van der Waals surface area contributed by atoms with Crippen molar-refractivity contribution in [3.8, 4) is 0 Å². The summed E-state index contributed by atoms with van der Waals surface area (Å²) in [6.07, 6.45) is 3.64. The summed E-state index contributed by atoms with van der Waals surface area (Å²) in [6.45, 7) is 0.580. The minimum Gasteiger partial charge on any atom is -0.478 e. The molecule has 0 radical (unpaired) electrons. The van der Waals surface area contributed by atoms with E-state index < -0.39 is 5.97 Å². The van der Waals surface area contributed by atoms with E-state index in [-0.39, 0.29) is 11.3 Å². The Morgan fingerprint density at radius 3 is 2.94 bits per heavy atom. The number of carboxylic acid groups (broad SMARTS) is 1. The van der Waals surface area contributed by atoms with E-state index in [1.807, 2.05) is 13.2 Å². The molecule has 0 aliphatic heterocycles. The molecule has 6 nitrogen and oxygen atoms in total. The summed E-state index contributed by atoms with van der Waals surface area (Å²) in [5, 5.41) is 16.1. The molecule has 18 heavy (non-hydrogen) atoms. The molecule has 0 saturated carbocycles. The minimum atomic E-state index is -1.03. The number of carbonyl (C=O) groups is 1. The average molecular weight is 246 g/mol. The van der Waals surface area contributed by atoms with Crippen LogP contribution < -0.4 is 11.1 Å². The van der Waals surface area contributed by atoms with Crippen molar-refractivity contribution in [1.82, 2.24) is 9.78 Å². The van der Waals surface area contributed by atoms with Gasteiger partial charge in [0, 0.05) is 36.7 Å². The van der Waals surface area contributed by atoms with Crippen LogP contribution in [-0.4, -0.2) is 20.9 Å². The standard InChI is InChI=1S/C12H14N4O2/c1-16-7-8(6-15-16)5-14-9-2-3-11(13)10(4-9)12(17)18/h2-4,6-7,14H,5,13H2,1H3,(H,17,18). The predicted octanol–water partition coefficient (Wildman–Crippen LogP) is 1.31. The molecule has 0 atom stereocenters. The van der Waals surface area contributed by atoms with Crippen LogP contribution in [0.25, 0.3) is 0 Å². The normalized spacial score (nSPS) is 10.3. The van der Waals surface area contributed by atoms with E-state index >= 15 is 0 Å². The lowest BCUT2D eigenvalue weighted by atomic mass is 10.1. The molecule has 0 spiro atoms. The van der Waals surface area contributed by atoms with Gasteiger partial charge >= 0.3 is 5.97 Å². The first-order chi connectivity index (χ1) is 8.56. The maximum atomic E-state index is 10.9. The number of carboxylic acids is 1. The fraction of sp³-hybridized carbons (Fsp3) is 0.167. The molecule has 1 aromatic heterocycles. The van der Waals surface area contributed by atoms with Crippen molar-refractivity contribution >= 4 is 17.3 Å². The molecule has 6 heteroatoms. The van der Waals surface area contributed by atoms with Crippen LogP contribution in [0.1, 0.15) is 15.9 Å². The lowest BCUT2D eigenvalue weighted by Crippen LogP contribution is -2.05. The quantitative estimate of drug-likeness (QED) is 0.707. The number of benzene rings is 1. The molecule has 4 N–H and O–H groups in total. The van der Waals surface area contributed by atoms with Gasteiger partial charge in [-0.25, -0.2) is 4.79 Å². The molecule has 0 fully saturated rings. The largest absolute Gasteiger partial charge is 0.478 e. The third-order valence-corrected chi connectivity index (χ3v) is 2.54. The first-order valence-corrected chi connectivity index (χ1v) is 5.40. The van der Waals surface area contributed by atoms with Crippen molar-refractivity contribution in [3.05, 3.63) is 41.7 Å². The highest BCUT2D eigenvalue weighted by molar-refractivity contribution is 5.94. The summed E-state index contributed by atoms with van der Waals surface area (Å²) >= 11 is 0. The number of aromatic nitrogens is 2. The second kappa shape index (κ2) is 4.79. The number of nitrogens with zero attached hydrogens (tertiary/aromatic N) is 2. The third-order valence-electron chi connectivity index (χ3n) is 2.54. The Labute approximate surface area is 104 Å². The van der Waals surface area contributed by atoms with Crippen LogP contribution in [0.3, 0.4) is 0 Å². The van der Waals surface area contributed by atoms with E-state index in [0.717, 1.165) is 5.56 Å². The summed E-state index contributed by atoms with van der Waals surface area (Å²) in [5.41, 5.74) is 7.67. The molecule has 0 aliphatic carbocycles. The van der Waals surface area contributed by atoms with E-state index in [0.29, 0.717) is 12.2 Å². The van der Waals surface area contributed by atoms with Crippen LogP contribution in [0.2, 0.25) is 0 Å². The maximum absolute atomic E-state index is 10.9. The number of nitrogens with two attached hydrogens (primary N) is 1. The minimum absolute atomic E-state index is 0.103. The summed E-state index contributed by atoms with van der Waals surface area (Å²) in [7, 11) is 1.84. The van der Waals surface area contributed by atoms with Gasteiger partial charge in [-0.2, -0.15) is 5.10 Å². The molecule has 0 amide bonds. The van der Waals surface area contributed by atoms with Gasteiger partial charge in [0.05, 0.1) is 11.8 Å². The molecule has 0 unspecified atom stereocenters. The van der Waals surface area contributed by atoms with Crippen molar-refractivity contribution in [3.63, 3.8) is 0 Å². The second-order valence-corrected chi connectivity index (χ2v) is 3.98. The lowest BCUT2D eigenvalue weighted by molar-refractivity contribution is 0.0698. The lowest BCUT2D eigenvalue weighted by Gasteiger charge is -2.07. The zero-order chi connectivity index (χ0) is 13.1. The topological polar surface area (TPSA) is 93.2 Å². The highest BCUT2D eigenvalue weighted by Crippen LogP contribution is 2.18. The van der Waals surface area contributed by atoms with Crippen molar-refractivity contribution < 1.29 is 9.90 Å². The smallest absolute Gasteiger partial charge is 0.337 e. The van der Waals surface area contributed by atoms with Gasteiger partial charge < -0.3 is 16.2 Å². The van der Waals surface area contributed by atoms with E-state index in [2.05, 4.69) is 10.4 Å². The van der Waals surface area contributed by atoms with Crippen molar-refractivity contribution in [2.45, 2.75) is 6.54 Å². The van der Waals surface area contributed by atoms with E-state index in [9.17, 15) is 4.79 Å². The predicted molar refractivity (Wildman–Crippen MR) is 68.3 cm³/mol. The van der Waals surface area contributed by atoms with E-state index in [1.165, 1.54) is 6.07 Å². The van der Waals surface area contributed by atoms with Crippen molar-refractivity contribution in [2.75, 3.05) is 11.1 Å². The molecule has 1 aromatic carbocycles. The number of nitrogens with one attached hydrogen (secondary N) is 1. The first-order valence-electron chi connectivity index (χ1n) is 5.40. The van der Waals surface area contributed by atoms with Crippen LogP contribution in [0, 0.1) is 0 Å². The van der Waals surface area contributed by atoms with Crippen molar-refractivity contribution in [1.29, 1.82) is 0 Å². The summed E-state index contributed by atoms with van der Waals surface area (Å²) in [4.78, 5) is 10.9. The highest BCUT2D eigenvalue weighted by Gasteiger charge is 2.08. The molecule has 0 aliphatic rings. The molecule has 0 saturated heterocycles. The number of aryl methyl sites for hydroxylation is 1. The van der Waals surface area contributed by atoms with Gasteiger partial charge in [-0.05, 0) is 18.2 Å². The third kappa shape index (κ3) is 2.60. The highest BCUT2D eigenvalue weighted by atomic mass is 16.4. The maximum Gasteiger partial charge on any atom is 0.337 e. The second-order valence-electron chi connectivity index (χ2n) is 3.98. The molecule has 1 heterocycles. The van der Waals surface area contributed by atoms with E-state index in [4.69, 9.17) is 10.8 Å². The number of hydrogen-bond donors (Lipinski definition) is 3. The van der Waals surface area contributed by atoms with Crippen LogP contribution in [-0.2, 0) is 13.6 Å². The molecule has 0 bridgehead atoms. The van der Waals surface area contributed by atoms with Crippen LogP contribution in [0.4, 0.5) is 11.4 Å². The first kappa shape index (κ1) is 12.0. The summed E-state index contributed by atoms with van der Waals surface area (Å²) in [6, 6.07) is 4.85. The number of rotatable bonds is 4. The number of nitrogen functional groups attached to an aromatic ring is 1. The van der Waals surface area contributed by atoms with Gasteiger partial charge in [0.25, 0.3) is 0 Å². The zero-order valence-electron chi connectivity index (χ0n) is 9.92. The van der Waals surface area contributed by atoms with Crippen molar-refractivity contribution in [2.24, 2.45) is 7.05 Å². The Bertz CT molecular complexity index is 577. The molecule has 2 aromatic rings. The molecule has 94 valence electrons. The Kier molecular flexibility index (Phi) is 3.18. The van der Waals surface area contributed by atoms with Gasteiger partial charge in [0.15, 0.2) is 0 Å². The van der Waals surface area contributed by atoms with Gasteiger partial charge in [0.2, 0.25) is 0 Å². The SMILES string of the molecule is Cn1cc(CNc2ccc(N)c(C(=O)O)c2)cn1. The zero-order valence-corrected chi connectivity index (χ0v) is 9.92. The monoisotopic (exact) mass is 246 g/mol. The Morgan fingerprint density at radius 2 is 2.33 bits per heavy atom. The Morgan fingerprint density at radius 1 is 1.56 bits per heavy atom. The average Bonchev–Trinajstić information content (AvgIpc) is 2.74. The number of anilines is 2. The number of hydrogen-bond acceptors (Lipinski definition) is 4. The van der Waals surface area contributed by atoms with Crippen LogP contribution >= 0.6 is 0 Å². The fourth-order valence-electron chi connectivity index (χ4n) is 1.62. The fourth-order valence-corrected chi connectivity index (χ4v) is 1.62. The molecule has 2 rings (SSSR count).